The lowest BCUT2D eigenvalue weighted by Gasteiger charge is -2.11. The smallest absolute Gasteiger partial charge is 0.416 e. The molecule has 0 saturated carbocycles. The molecule has 0 spiro atoms. The second-order valence-corrected chi connectivity index (χ2v) is 4.35. The van der Waals surface area contributed by atoms with Crippen molar-refractivity contribution in [2.45, 2.75) is 6.18 Å². The van der Waals surface area contributed by atoms with Crippen molar-refractivity contribution in [2.75, 3.05) is 12.8 Å². The molecular formula is C14H12F3N3O2. The van der Waals surface area contributed by atoms with E-state index in [1.165, 1.54) is 31.4 Å². The third-order valence-corrected chi connectivity index (χ3v) is 2.68. The van der Waals surface area contributed by atoms with E-state index in [-0.39, 0.29) is 22.9 Å². The maximum atomic E-state index is 12.7. The molecule has 0 fully saturated rings. The maximum Gasteiger partial charge on any atom is 0.416 e. The van der Waals surface area contributed by atoms with Crippen LogP contribution in [0.15, 0.2) is 36.5 Å². The summed E-state index contributed by atoms with van der Waals surface area (Å²) in [5, 5.41) is 2.38. The largest absolute Gasteiger partial charge is 0.457 e. The maximum absolute atomic E-state index is 12.7. The molecule has 116 valence electrons. The molecule has 22 heavy (non-hydrogen) atoms. The summed E-state index contributed by atoms with van der Waals surface area (Å²) in [6.45, 7) is 0. The van der Waals surface area contributed by atoms with Crippen molar-refractivity contribution in [3.05, 3.63) is 47.8 Å². The highest BCUT2D eigenvalue weighted by molar-refractivity contribution is 5.92. The van der Waals surface area contributed by atoms with E-state index in [1.54, 1.807) is 0 Å². The number of hydrogen-bond acceptors (Lipinski definition) is 4. The van der Waals surface area contributed by atoms with E-state index in [9.17, 15) is 18.0 Å². The van der Waals surface area contributed by atoms with E-state index in [0.717, 1.165) is 12.1 Å². The molecule has 0 radical (unpaired) electrons. The van der Waals surface area contributed by atoms with Gasteiger partial charge in [0, 0.05) is 31.1 Å². The number of nitrogens with one attached hydrogen (secondary N) is 1. The Morgan fingerprint density at radius 3 is 2.59 bits per heavy atom. The second kappa shape index (κ2) is 5.92. The van der Waals surface area contributed by atoms with Crippen molar-refractivity contribution in [1.29, 1.82) is 0 Å². The van der Waals surface area contributed by atoms with Crippen molar-refractivity contribution in [3.63, 3.8) is 0 Å². The molecule has 8 heteroatoms. The highest BCUT2D eigenvalue weighted by Crippen LogP contribution is 2.34. The molecule has 1 aromatic heterocycles. The number of nitrogens with two attached hydrogens (primary N) is 1. The summed E-state index contributed by atoms with van der Waals surface area (Å²) in [6.07, 6.45) is -3.21. The second-order valence-electron chi connectivity index (χ2n) is 4.35. The van der Waals surface area contributed by atoms with Crippen molar-refractivity contribution < 1.29 is 22.7 Å². The summed E-state index contributed by atoms with van der Waals surface area (Å²) in [4.78, 5) is 15.3. The summed E-state index contributed by atoms with van der Waals surface area (Å²) < 4.78 is 43.5. The number of nitrogen functional groups attached to an aromatic ring is 1. The molecule has 3 N–H and O–H groups in total. The van der Waals surface area contributed by atoms with Crippen molar-refractivity contribution in [3.8, 4) is 11.5 Å². The van der Waals surface area contributed by atoms with E-state index in [1.807, 2.05) is 0 Å². The van der Waals surface area contributed by atoms with E-state index in [0.29, 0.717) is 0 Å². The molecule has 0 saturated heterocycles. The number of halogens is 3. The van der Waals surface area contributed by atoms with Gasteiger partial charge in [-0.2, -0.15) is 13.2 Å². The van der Waals surface area contributed by atoms with Crippen molar-refractivity contribution in [2.24, 2.45) is 0 Å². The average Bonchev–Trinajstić information content (AvgIpc) is 2.45. The van der Waals surface area contributed by atoms with Crippen molar-refractivity contribution in [1.82, 2.24) is 10.3 Å². The Hall–Kier alpha value is -2.77. The van der Waals surface area contributed by atoms with Gasteiger partial charge >= 0.3 is 6.18 Å². The van der Waals surface area contributed by atoms with E-state index >= 15 is 0 Å². The number of benzene rings is 1. The Balaban J connectivity index is 2.31. The lowest BCUT2D eigenvalue weighted by Crippen LogP contribution is -2.18. The summed E-state index contributed by atoms with van der Waals surface area (Å²) in [6, 6.07) is 5.64. The van der Waals surface area contributed by atoms with Crippen LogP contribution >= 0.6 is 0 Å². The standard InChI is InChI=1S/C14H12F3N3O2/c1-19-13(21)12-7-10(2-3-20-12)22-11-5-8(14(15,16)17)4-9(18)6-11/h2-7H,18H2,1H3,(H,19,21). The molecular weight excluding hydrogens is 299 g/mol. The van der Waals surface area contributed by atoms with Gasteiger partial charge in [0.25, 0.3) is 5.91 Å². The Morgan fingerprint density at radius 2 is 1.95 bits per heavy atom. The molecule has 0 aliphatic carbocycles. The van der Waals surface area contributed by atoms with Crippen LogP contribution < -0.4 is 15.8 Å². The van der Waals surface area contributed by atoms with Gasteiger partial charge in [-0.05, 0) is 18.2 Å². The molecule has 2 aromatic rings. The fraction of sp³-hybridized carbons (Fsp3) is 0.143. The van der Waals surface area contributed by atoms with E-state index in [2.05, 4.69) is 10.3 Å². The quantitative estimate of drug-likeness (QED) is 0.855. The first-order chi connectivity index (χ1) is 10.3. The van der Waals surface area contributed by atoms with Gasteiger partial charge in [0.05, 0.1) is 5.56 Å². The monoisotopic (exact) mass is 311 g/mol. The molecule has 2 rings (SSSR count). The summed E-state index contributed by atoms with van der Waals surface area (Å²) in [5.41, 5.74) is 4.54. The normalized spacial score (nSPS) is 11.1. The fourth-order valence-corrected chi connectivity index (χ4v) is 1.71. The van der Waals surface area contributed by atoms with Gasteiger partial charge in [0.2, 0.25) is 0 Å². The van der Waals surface area contributed by atoms with Gasteiger partial charge in [-0.25, -0.2) is 0 Å². The van der Waals surface area contributed by atoms with Crippen LogP contribution in [0, 0.1) is 0 Å². The first-order valence-corrected chi connectivity index (χ1v) is 6.13. The number of carbonyl (C=O) groups is 1. The first-order valence-electron chi connectivity index (χ1n) is 6.13. The van der Waals surface area contributed by atoms with Crippen LogP contribution in [-0.2, 0) is 6.18 Å². The number of alkyl halides is 3. The average molecular weight is 311 g/mol. The van der Waals surface area contributed by atoms with Gasteiger partial charge in [0.1, 0.15) is 17.2 Å². The Bertz CT molecular complexity index is 702. The lowest BCUT2D eigenvalue weighted by molar-refractivity contribution is -0.137. The molecule has 5 nitrogen and oxygen atoms in total. The van der Waals surface area contributed by atoms with Crippen LogP contribution in [0.4, 0.5) is 18.9 Å². The van der Waals surface area contributed by atoms with Gasteiger partial charge in [-0.3, -0.25) is 9.78 Å². The molecule has 0 atom stereocenters. The Kier molecular flexibility index (Phi) is 4.20. The minimum absolute atomic E-state index is 0.0783. The topological polar surface area (TPSA) is 77.2 Å². The van der Waals surface area contributed by atoms with Gasteiger partial charge in [-0.15, -0.1) is 0 Å². The fourth-order valence-electron chi connectivity index (χ4n) is 1.71. The number of amides is 1. The molecule has 1 heterocycles. The van der Waals surface area contributed by atoms with E-state index in [4.69, 9.17) is 10.5 Å². The summed E-state index contributed by atoms with van der Waals surface area (Å²) in [5.74, 6) is -0.345. The molecule has 0 aliphatic rings. The number of aromatic nitrogens is 1. The molecule has 1 amide bonds. The first kappa shape index (κ1) is 15.6. The molecule has 0 bridgehead atoms. The van der Waals surface area contributed by atoms with Crippen LogP contribution in [0.2, 0.25) is 0 Å². The summed E-state index contributed by atoms with van der Waals surface area (Å²) in [7, 11) is 1.44. The van der Waals surface area contributed by atoms with Crippen LogP contribution in [0.25, 0.3) is 0 Å². The predicted octanol–water partition coefficient (Wildman–Crippen LogP) is 2.83. The van der Waals surface area contributed by atoms with Crippen LogP contribution in [0.5, 0.6) is 11.5 Å². The minimum Gasteiger partial charge on any atom is -0.457 e. The minimum atomic E-state index is -4.53. The highest BCUT2D eigenvalue weighted by Gasteiger charge is 2.31. The zero-order valence-electron chi connectivity index (χ0n) is 11.4. The van der Waals surface area contributed by atoms with Crippen molar-refractivity contribution >= 4 is 11.6 Å². The zero-order chi connectivity index (χ0) is 16.3. The number of ether oxygens (including phenoxy) is 1. The van der Waals surface area contributed by atoms with Gasteiger partial charge in [0.15, 0.2) is 0 Å². The Labute approximate surface area is 123 Å². The molecule has 0 unspecified atom stereocenters. The molecule has 0 aliphatic heterocycles. The number of carbonyl (C=O) groups excluding carboxylic acids is 1. The summed E-state index contributed by atoms with van der Waals surface area (Å²) >= 11 is 0. The van der Waals surface area contributed by atoms with Crippen LogP contribution in [-0.4, -0.2) is 17.9 Å². The van der Waals surface area contributed by atoms with Gasteiger partial charge < -0.3 is 15.8 Å². The van der Waals surface area contributed by atoms with E-state index < -0.39 is 17.6 Å². The number of rotatable bonds is 3. The number of pyridine rings is 1. The number of nitrogens with zero attached hydrogens (tertiary/aromatic N) is 1. The van der Waals surface area contributed by atoms with Crippen LogP contribution in [0.3, 0.4) is 0 Å². The third-order valence-electron chi connectivity index (χ3n) is 2.68. The Morgan fingerprint density at radius 1 is 1.23 bits per heavy atom. The lowest BCUT2D eigenvalue weighted by atomic mass is 10.2. The van der Waals surface area contributed by atoms with Gasteiger partial charge in [-0.1, -0.05) is 0 Å². The highest BCUT2D eigenvalue weighted by atomic mass is 19.4. The SMILES string of the molecule is CNC(=O)c1cc(Oc2cc(N)cc(C(F)(F)F)c2)ccn1. The molecule has 1 aromatic carbocycles. The number of hydrogen-bond donors (Lipinski definition) is 2. The third kappa shape index (κ3) is 3.66. The van der Waals surface area contributed by atoms with Crippen LogP contribution in [0.1, 0.15) is 16.1 Å². The number of anilines is 1. The predicted molar refractivity (Wildman–Crippen MR) is 73.6 cm³/mol. The zero-order valence-corrected chi connectivity index (χ0v) is 11.4.